The highest BCUT2D eigenvalue weighted by Gasteiger charge is 2.18. The standard InChI is InChI=1S/C46H28O/c1-2-10-29(11-3-1)32-18-19-34-25-35(21-20-33(34)24-32)45-37-14-6-8-16-39(37)46(40-17-9-7-15-38(40)45)36-22-23-43-41(27-36)42-26-30-12-4-5-13-31(30)28-44(42)47-43/h1-28H/i4D,5D,12D,13D,18D,19D,20D,21D,22D,23D,24D,25D,26D,27D,28D. The molecular weight excluding hydrogens is 569 g/mol. The molecule has 9 aromatic carbocycles. The molecule has 1 nitrogen and oxygen atoms in total. The lowest BCUT2D eigenvalue weighted by molar-refractivity contribution is 0.669. The molecule has 0 atom stereocenters. The molecule has 0 amide bonds. The molecule has 1 aromatic heterocycles. The number of rotatable bonds is 3. The summed E-state index contributed by atoms with van der Waals surface area (Å²) in [4.78, 5) is 0. The van der Waals surface area contributed by atoms with Crippen LogP contribution in [0.15, 0.2) is 174 Å². The van der Waals surface area contributed by atoms with Crippen LogP contribution in [-0.2, 0) is 0 Å². The van der Waals surface area contributed by atoms with Crippen LogP contribution in [0.5, 0.6) is 0 Å². The molecule has 10 aromatic rings. The second-order valence-corrected chi connectivity index (χ2v) is 11.2. The van der Waals surface area contributed by atoms with Gasteiger partial charge in [-0.25, -0.2) is 0 Å². The van der Waals surface area contributed by atoms with E-state index in [1.54, 1.807) is 78.9 Å². The van der Waals surface area contributed by atoms with Crippen LogP contribution in [0.2, 0.25) is 0 Å². The summed E-state index contributed by atoms with van der Waals surface area (Å²) in [5, 5.41) is 0.814. The molecule has 0 aliphatic rings. The van der Waals surface area contributed by atoms with E-state index in [1.807, 2.05) is 0 Å². The maximum absolute atomic E-state index is 9.76. The molecule has 0 saturated heterocycles. The van der Waals surface area contributed by atoms with Gasteiger partial charge in [0.1, 0.15) is 11.2 Å². The summed E-state index contributed by atoms with van der Waals surface area (Å²) in [6, 6.07) is 16.1. The van der Waals surface area contributed by atoms with Crippen molar-refractivity contribution in [2.75, 3.05) is 0 Å². The van der Waals surface area contributed by atoms with Crippen LogP contribution < -0.4 is 0 Å². The monoisotopic (exact) mass is 611 g/mol. The molecule has 0 saturated carbocycles. The maximum atomic E-state index is 9.76. The molecule has 10 rings (SSSR count). The third-order valence-corrected chi connectivity index (χ3v) is 8.50. The molecule has 218 valence electrons. The van der Waals surface area contributed by atoms with Crippen molar-refractivity contribution < 1.29 is 25.0 Å². The second-order valence-electron chi connectivity index (χ2n) is 11.2. The lowest BCUT2D eigenvalue weighted by atomic mass is 9.85. The summed E-state index contributed by atoms with van der Waals surface area (Å²) in [5.41, 5.74) is 0.671. The fourth-order valence-electron chi connectivity index (χ4n) is 6.40. The minimum Gasteiger partial charge on any atom is -0.456 e. The average Bonchev–Trinajstić information content (AvgIpc) is 3.69. The first-order valence-electron chi connectivity index (χ1n) is 22.5. The topological polar surface area (TPSA) is 13.1 Å². The Bertz CT molecular complexity index is 3630. The zero-order valence-corrected chi connectivity index (χ0v) is 24.4. The van der Waals surface area contributed by atoms with Crippen molar-refractivity contribution in [2.24, 2.45) is 0 Å². The largest absolute Gasteiger partial charge is 0.456 e. The predicted octanol–water partition coefficient (Wildman–Crippen LogP) is 13.2. The number of benzene rings is 9. The molecule has 1 heterocycles. The van der Waals surface area contributed by atoms with E-state index in [2.05, 4.69) is 0 Å². The van der Waals surface area contributed by atoms with Gasteiger partial charge in [-0.3, -0.25) is 0 Å². The van der Waals surface area contributed by atoms with Crippen molar-refractivity contribution in [1.29, 1.82) is 0 Å². The molecule has 0 N–H and O–H groups in total. The van der Waals surface area contributed by atoms with Crippen molar-refractivity contribution in [2.45, 2.75) is 0 Å². The van der Waals surface area contributed by atoms with E-state index < -0.39 is 54.4 Å². The molecule has 0 spiro atoms. The maximum Gasteiger partial charge on any atom is 0.136 e. The summed E-state index contributed by atoms with van der Waals surface area (Å²) in [6.07, 6.45) is 0. The van der Waals surface area contributed by atoms with Gasteiger partial charge in [0, 0.05) is 10.8 Å². The highest BCUT2D eigenvalue weighted by atomic mass is 16.3. The lowest BCUT2D eigenvalue weighted by Crippen LogP contribution is -1.91. The molecule has 47 heavy (non-hydrogen) atoms. The molecule has 1 heteroatoms. The van der Waals surface area contributed by atoms with Gasteiger partial charge in [-0.15, -0.1) is 0 Å². The summed E-state index contributed by atoms with van der Waals surface area (Å²) >= 11 is 0. The van der Waals surface area contributed by atoms with Crippen LogP contribution in [-0.4, -0.2) is 0 Å². The van der Waals surface area contributed by atoms with E-state index in [0.29, 0.717) is 38.2 Å². The quantitative estimate of drug-likeness (QED) is 0.181. The molecule has 0 fully saturated rings. The van der Waals surface area contributed by atoms with Crippen molar-refractivity contribution in [3.63, 3.8) is 0 Å². The van der Waals surface area contributed by atoms with Gasteiger partial charge in [0.05, 0.1) is 20.6 Å². The van der Waals surface area contributed by atoms with Gasteiger partial charge < -0.3 is 4.42 Å². The molecule has 0 aliphatic carbocycles. The first-order chi connectivity index (χ1) is 29.6. The Morgan fingerprint density at radius 2 is 0.830 bits per heavy atom. The number of furan rings is 1. The van der Waals surface area contributed by atoms with E-state index >= 15 is 0 Å². The second kappa shape index (κ2) is 10.2. The van der Waals surface area contributed by atoms with Gasteiger partial charge in [0.2, 0.25) is 0 Å². The van der Waals surface area contributed by atoms with Crippen molar-refractivity contribution >= 4 is 65.0 Å². The average molecular weight is 612 g/mol. The lowest BCUT2D eigenvalue weighted by Gasteiger charge is -2.18. The minimum absolute atomic E-state index is 0.0193. The third-order valence-electron chi connectivity index (χ3n) is 8.50. The van der Waals surface area contributed by atoms with Crippen molar-refractivity contribution in [3.05, 3.63) is 169 Å². The summed E-state index contributed by atoms with van der Waals surface area (Å²) in [7, 11) is 0. The smallest absolute Gasteiger partial charge is 0.136 e. The van der Waals surface area contributed by atoms with Crippen LogP contribution in [0.1, 0.15) is 20.6 Å². The van der Waals surface area contributed by atoms with E-state index in [9.17, 15) is 9.60 Å². The van der Waals surface area contributed by atoms with Gasteiger partial charge >= 0.3 is 0 Å². The summed E-state index contributed by atoms with van der Waals surface area (Å²) in [6.45, 7) is 0. The molecule has 0 aliphatic heterocycles. The van der Waals surface area contributed by atoms with Gasteiger partial charge in [-0.2, -0.15) is 0 Å². The van der Waals surface area contributed by atoms with E-state index in [0.717, 1.165) is 0 Å². The van der Waals surface area contributed by atoms with Gasteiger partial charge in [0.25, 0.3) is 0 Å². The predicted molar refractivity (Wildman–Crippen MR) is 200 cm³/mol. The molecular formula is C46H28O. The fourth-order valence-corrected chi connectivity index (χ4v) is 6.40. The van der Waals surface area contributed by atoms with E-state index in [4.69, 9.17) is 15.4 Å². The molecule has 0 bridgehead atoms. The summed E-state index contributed by atoms with van der Waals surface area (Å²) < 4.78 is 142. The zero-order valence-electron chi connectivity index (χ0n) is 39.4. The van der Waals surface area contributed by atoms with Gasteiger partial charge in [0.15, 0.2) is 0 Å². The molecule has 0 radical (unpaired) electrons. The van der Waals surface area contributed by atoms with Crippen molar-refractivity contribution in [1.82, 2.24) is 0 Å². The van der Waals surface area contributed by atoms with E-state index in [-0.39, 0.29) is 96.4 Å². The Labute approximate surface area is 293 Å². The first kappa shape index (κ1) is 15.4. The first-order valence-corrected chi connectivity index (χ1v) is 15.0. The number of hydrogen-bond donors (Lipinski definition) is 0. The normalized spacial score (nSPS) is 16.3. The Morgan fingerprint density at radius 1 is 0.340 bits per heavy atom. The van der Waals surface area contributed by atoms with Crippen molar-refractivity contribution in [3.8, 4) is 33.4 Å². The van der Waals surface area contributed by atoms with Crippen LogP contribution in [0.4, 0.5) is 0 Å². The highest BCUT2D eigenvalue weighted by molar-refractivity contribution is 6.22. The van der Waals surface area contributed by atoms with Gasteiger partial charge in [-0.05, 0) is 113 Å². The third kappa shape index (κ3) is 4.10. The zero-order chi connectivity index (χ0) is 44.0. The Balaban J connectivity index is 1.34. The molecule has 0 unspecified atom stereocenters. The van der Waals surface area contributed by atoms with Crippen LogP contribution >= 0.6 is 0 Å². The Morgan fingerprint density at radius 3 is 1.49 bits per heavy atom. The van der Waals surface area contributed by atoms with Crippen LogP contribution in [0.25, 0.3) is 98.4 Å². The fraction of sp³-hybridized carbons (Fsp3) is 0. The van der Waals surface area contributed by atoms with Crippen LogP contribution in [0, 0.1) is 0 Å². The number of fused-ring (bicyclic) bond motifs is 7. The highest BCUT2D eigenvalue weighted by Crippen LogP contribution is 2.45. The SMILES string of the molecule is [2H]c1c(-c2c3ccccc3c(-c3c([2H])c([2H])c4c([2H])c(-c5ccccc5)c([2H])c([2H])c4c3[2H])c3ccccc23)c([2H])c2c(oc3c([2H])c4c([2H])c([2H])c([2H])c([2H])c4c([2H])c32)c1[2H]. The van der Waals surface area contributed by atoms with Gasteiger partial charge in [-0.1, -0.05) is 133 Å². The number of hydrogen-bond acceptors (Lipinski definition) is 1. The Kier molecular flexibility index (Phi) is 3.33. The minimum atomic E-state index is -0.603. The summed E-state index contributed by atoms with van der Waals surface area (Å²) in [5.74, 6) is 0. The van der Waals surface area contributed by atoms with Crippen LogP contribution in [0.3, 0.4) is 0 Å². The Hall–Kier alpha value is -6.18. The van der Waals surface area contributed by atoms with E-state index in [1.165, 1.54) is 0 Å².